The monoisotopic (exact) mass is 475 g/mol. The predicted molar refractivity (Wildman–Crippen MR) is 117 cm³/mol. The summed E-state index contributed by atoms with van der Waals surface area (Å²) in [6, 6.07) is 8.83. The van der Waals surface area contributed by atoms with E-state index in [4.69, 9.17) is 9.26 Å². The number of aryl methyl sites for hydroxylation is 2. The molecule has 0 bridgehead atoms. The molecule has 1 amide bonds. The van der Waals surface area contributed by atoms with Gasteiger partial charge in [-0.1, -0.05) is 5.16 Å². The van der Waals surface area contributed by atoms with Gasteiger partial charge in [0.2, 0.25) is 5.89 Å². The molecule has 0 fully saturated rings. The molecule has 0 aliphatic rings. The van der Waals surface area contributed by atoms with Crippen molar-refractivity contribution in [3.63, 3.8) is 0 Å². The van der Waals surface area contributed by atoms with Gasteiger partial charge in [0.25, 0.3) is 21.6 Å². The zero-order valence-electron chi connectivity index (χ0n) is 17.8. The number of sulfonamides is 1. The third-order valence-corrected chi connectivity index (χ3v) is 5.87. The van der Waals surface area contributed by atoms with E-state index >= 15 is 0 Å². The van der Waals surface area contributed by atoms with Crippen molar-refractivity contribution in [2.75, 3.05) is 18.4 Å². The van der Waals surface area contributed by atoms with Crippen LogP contribution in [0, 0.1) is 17.0 Å². The number of rotatable bonds is 10. The minimum atomic E-state index is -4.09. The molecule has 2 aromatic carbocycles. The number of nitro benzene ring substituents is 1. The average Bonchev–Trinajstić information content (AvgIpc) is 3.21. The largest absolute Gasteiger partial charge is 0.495 e. The molecule has 0 atom stereocenters. The first-order valence-corrected chi connectivity index (χ1v) is 11.2. The van der Waals surface area contributed by atoms with Crippen LogP contribution >= 0.6 is 0 Å². The van der Waals surface area contributed by atoms with Crippen molar-refractivity contribution in [3.8, 4) is 5.75 Å². The Balaban J connectivity index is 1.63. The molecule has 0 aliphatic heterocycles. The Bertz CT molecular complexity index is 1260. The number of methoxy groups -OCH3 is 1. The summed E-state index contributed by atoms with van der Waals surface area (Å²) in [7, 11) is -2.77. The Kier molecular flexibility index (Phi) is 7.23. The smallest absolute Gasteiger partial charge is 0.271 e. The van der Waals surface area contributed by atoms with Gasteiger partial charge < -0.3 is 14.6 Å². The number of aromatic nitrogens is 2. The van der Waals surface area contributed by atoms with Gasteiger partial charge in [0.05, 0.1) is 22.6 Å². The average molecular weight is 475 g/mol. The molecule has 0 spiro atoms. The number of nitrogens with one attached hydrogen (secondary N) is 2. The minimum Gasteiger partial charge on any atom is -0.495 e. The quantitative estimate of drug-likeness (QED) is 0.254. The van der Waals surface area contributed by atoms with Gasteiger partial charge in [-0.25, -0.2) is 8.42 Å². The Morgan fingerprint density at radius 3 is 2.55 bits per heavy atom. The number of amides is 1. The number of carbonyl (C=O) groups is 1. The molecular weight excluding hydrogens is 454 g/mol. The van der Waals surface area contributed by atoms with Crippen LogP contribution < -0.4 is 14.8 Å². The number of hydrogen-bond acceptors (Lipinski definition) is 9. The van der Waals surface area contributed by atoms with E-state index in [1.807, 2.05) is 0 Å². The van der Waals surface area contributed by atoms with Crippen molar-refractivity contribution in [2.24, 2.45) is 0 Å². The number of anilines is 1. The van der Waals surface area contributed by atoms with Crippen molar-refractivity contribution in [3.05, 3.63) is 69.9 Å². The van der Waals surface area contributed by atoms with Gasteiger partial charge in [-0.2, -0.15) is 4.98 Å². The van der Waals surface area contributed by atoms with Crippen LogP contribution in [0.4, 0.5) is 11.4 Å². The fraction of sp³-hybridized carbons (Fsp3) is 0.250. The first-order chi connectivity index (χ1) is 15.7. The number of non-ortho nitro benzene ring substituents is 1. The second-order valence-electron chi connectivity index (χ2n) is 6.87. The summed E-state index contributed by atoms with van der Waals surface area (Å²) in [5.41, 5.74) is -0.102. The summed E-state index contributed by atoms with van der Waals surface area (Å²) in [5, 5.41) is 17.4. The fourth-order valence-electron chi connectivity index (χ4n) is 2.86. The van der Waals surface area contributed by atoms with E-state index in [0.29, 0.717) is 31.1 Å². The van der Waals surface area contributed by atoms with Gasteiger partial charge in [0.15, 0.2) is 5.82 Å². The predicted octanol–water partition coefficient (Wildman–Crippen LogP) is 2.46. The number of hydrogen-bond donors (Lipinski definition) is 2. The van der Waals surface area contributed by atoms with Crippen LogP contribution in [0.3, 0.4) is 0 Å². The normalized spacial score (nSPS) is 11.1. The maximum Gasteiger partial charge on any atom is 0.271 e. The summed E-state index contributed by atoms with van der Waals surface area (Å²) in [5.74, 6) is 0.788. The lowest BCUT2D eigenvalue weighted by molar-refractivity contribution is -0.384. The molecule has 0 radical (unpaired) electrons. The second-order valence-corrected chi connectivity index (χ2v) is 8.55. The molecule has 174 valence electrons. The molecular formula is C20H21N5O7S. The molecule has 33 heavy (non-hydrogen) atoms. The van der Waals surface area contributed by atoms with Crippen LogP contribution in [0.25, 0.3) is 0 Å². The first-order valence-electron chi connectivity index (χ1n) is 9.72. The van der Waals surface area contributed by atoms with Gasteiger partial charge in [-0.15, -0.1) is 0 Å². The van der Waals surface area contributed by atoms with Crippen LogP contribution in [0.5, 0.6) is 5.75 Å². The Morgan fingerprint density at radius 2 is 1.94 bits per heavy atom. The molecule has 3 rings (SSSR count). The maximum atomic E-state index is 12.7. The highest BCUT2D eigenvalue weighted by Crippen LogP contribution is 2.30. The molecule has 12 nitrogen and oxygen atoms in total. The molecule has 0 unspecified atom stereocenters. The van der Waals surface area contributed by atoms with Crippen molar-refractivity contribution >= 4 is 27.3 Å². The molecule has 2 N–H and O–H groups in total. The summed E-state index contributed by atoms with van der Waals surface area (Å²) in [6.07, 6.45) is 1.11. The van der Waals surface area contributed by atoms with Crippen LogP contribution in [0.15, 0.2) is 51.9 Å². The van der Waals surface area contributed by atoms with Crippen molar-refractivity contribution in [1.29, 1.82) is 0 Å². The van der Waals surface area contributed by atoms with E-state index in [1.165, 1.54) is 43.5 Å². The van der Waals surface area contributed by atoms with Gasteiger partial charge in [0.1, 0.15) is 5.75 Å². The lowest BCUT2D eigenvalue weighted by Gasteiger charge is -2.12. The third-order valence-electron chi connectivity index (χ3n) is 4.49. The highest BCUT2D eigenvalue weighted by Gasteiger charge is 2.20. The number of nitro groups is 1. The molecule has 13 heteroatoms. The zero-order chi connectivity index (χ0) is 24.0. The van der Waals surface area contributed by atoms with Crippen molar-refractivity contribution in [2.45, 2.75) is 24.7 Å². The number of nitrogens with zero attached hydrogens (tertiary/aromatic N) is 3. The van der Waals surface area contributed by atoms with Gasteiger partial charge >= 0.3 is 0 Å². The summed E-state index contributed by atoms with van der Waals surface area (Å²) in [6.45, 7) is 2.09. The summed E-state index contributed by atoms with van der Waals surface area (Å²) in [4.78, 5) is 26.6. The van der Waals surface area contributed by atoms with Gasteiger partial charge in [-0.05, 0) is 43.7 Å². The number of carbonyl (C=O) groups excluding carboxylic acids is 1. The van der Waals surface area contributed by atoms with E-state index in [0.717, 1.165) is 6.07 Å². The first kappa shape index (κ1) is 23.7. The van der Waals surface area contributed by atoms with E-state index in [1.54, 1.807) is 6.92 Å². The summed E-state index contributed by atoms with van der Waals surface area (Å²) >= 11 is 0. The molecule has 0 saturated carbocycles. The van der Waals surface area contributed by atoms with Crippen molar-refractivity contribution in [1.82, 2.24) is 15.5 Å². The Labute approximate surface area is 189 Å². The molecule has 3 aromatic rings. The molecule has 0 saturated heterocycles. The summed E-state index contributed by atoms with van der Waals surface area (Å²) < 4.78 is 37.8. The van der Waals surface area contributed by atoms with E-state index in [-0.39, 0.29) is 33.5 Å². The highest BCUT2D eigenvalue weighted by molar-refractivity contribution is 7.92. The minimum absolute atomic E-state index is 0.0787. The standard InChI is InChI=1S/C20H21N5O7S/c1-13-22-19(32-23-13)4-3-11-21-20(26)14-5-8-16(9-6-14)33(29,30)24-17-12-15(25(27)28)7-10-18(17)31-2/h5-10,12,24H,3-4,11H2,1-2H3,(H,21,26). The highest BCUT2D eigenvalue weighted by atomic mass is 32.2. The molecule has 1 aromatic heterocycles. The van der Waals surface area contributed by atoms with E-state index < -0.39 is 14.9 Å². The van der Waals surface area contributed by atoms with Crippen LogP contribution in [0.2, 0.25) is 0 Å². The number of benzene rings is 2. The Morgan fingerprint density at radius 1 is 1.21 bits per heavy atom. The fourth-order valence-corrected chi connectivity index (χ4v) is 3.92. The topological polar surface area (TPSA) is 167 Å². The third kappa shape index (κ3) is 6.04. The van der Waals surface area contributed by atoms with E-state index in [2.05, 4.69) is 20.2 Å². The van der Waals surface area contributed by atoms with E-state index in [9.17, 15) is 23.3 Å². The lowest BCUT2D eigenvalue weighted by atomic mass is 10.2. The van der Waals surface area contributed by atoms with Crippen molar-refractivity contribution < 1.29 is 27.4 Å². The molecule has 1 heterocycles. The van der Waals surface area contributed by atoms with Gasteiger partial charge in [-0.3, -0.25) is 19.6 Å². The van der Waals surface area contributed by atoms with Crippen LogP contribution in [-0.2, 0) is 16.4 Å². The maximum absolute atomic E-state index is 12.7. The lowest BCUT2D eigenvalue weighted by Crippen LogP contribution is -2.25. The molecule has 0 aliphatic carbocycles. The number of ether oxygens (including phenoxy) is 1. The van der Waals surface area contributed by atoms with Crippen LogP contribution in [0.1, 0.15) is 28.5 Å². The second kappa shape index (κ2) is 10.1. The van der Waals surface area contributed by atoms with Gasteiger partial charge in [0, 0.05) is 30.7 Å². The van der Waals surface area contributed by atoms with Crippen LogP contribution in [-0.4, -0.2) is 43.0 Å². The SMILES string of the molecule is COc1ccc([N+](=O)[O-])cc1NS(=O)(=O)c1ccc(C(=O)NCCCc2nc(C)no2)cc1. The zero-order valence-corrected chi connectivity index (χ0v) is 18.6. The Hall–Kier alpha value is -4.00.